The first-order valence-electron chi connectivity index (χ1n) is 7.09. The number of benzene rings is 2. The van der Waals surface area contributed by atoms with Crippen molar-refractivity contribution in [3.63, 3.8) is 0 Å². The molecule has 0 bridgehead atoms. The molecule has 116 valence electrons. The van der Waals surface area contributed by atoms with Crippen LogP contribution in [0.2, 0.25) is 0 Å². The fourth-order valence-corrected chi connectivity index (χ4v) is 2.28. The number of anilines is 2. The van der Waals surface area contributed by atoms with E-state index in [-0.39, 0.29) is 18.6 Å². The van der Waals surface area contributed by atoms with Crippen molar-refractivity contribution in [1.29, 1.82) is 0 Å². The molecule has 4 nitrogen and oxygen atoms in total. The number of hydrogen-bond donors (Lipinski definition) is 2. The number of ether oxygens (including phenoxy) is 1. The standard InChI is InChI=1S/C17H19BrN2O2/c1-12(2)22-16-8-6-14(7-9-16)19-11-17(21)20-15-5-3-4-13(18)10-15/h3-10,12,19H,11H2,1-2H3,(H,20,21). The van der Waals surface area contributed by atoms with Gasteiger partial charge in [-0.05, 0) is 56.3 Å². The lowest BCUT2D eigenvalue weighted by atomic mass is 10.3. The molecule has 2 aromatic carbocycles. The first-order chi connectivity index (χ1) is 10.5. The summed E-state index contributed by atoms with van der Waals surface area (Å²) in [7, 11) is 0. The van der Waals surface area contributed by atoms with E-state index in [1.165, 1.54) is 0 Å². The first kappa shape index (κ1) is 16.4. The number of nitrogens with one attached hydrogen (secondary N) is 2. The monoisotopic (exact) mass is 362 g/mol. The molecule has 0 atom stereocenters. The van der Waals surface area contributed by atoms with Crippen molar-refractivity contribution >= 4 is 33.2 Å². The number of carbonyl (C=O) groups is 1. The molecule has 0 aliphatic carbocycles. The molecule has 0 saturated heterocycles. The van der Waals surface area contributed by atoms with Crippen LogP contribution in [0.15, 0.2) is 53.0 Å². The molecule has 2 rings (SSSR count). The van der Waals surface area contributed by atoms with Gasteiger partial charge in [-0.3, -0.25) is 4.79 Å². The fraction of sp³-hybridized carbons (Fsp3) is 0.235. The van der Waals surface area contributed by atoms with Gasteiger partial charge in [0.25, 0.3) is 0 Å². The van der Waals surface area contributed by atoms with Crippen molar-refractivity contribution < 1.29 is 9.53 Å². The van der Waals surface area contributed by atoms with Crippen LogP contribution in [0.1, 0.15) is 13.8 Å². The Bertz CT molecular complexity index is 627. The molecular formula is C17H19BrN2O2. The molecule has 0 heterocycles. The minimum Gasteiger partial charge on any atom is -0.491 e. The molecule has 2 aromatic rings. The van der Waals surface area contributed by atoms with Crippen molar-refractivity contribution in [2.75, 3.05) is 17.2 Å². The van der Waals surface area contributed by atoms with Gasteiger partial charge in [0, 0.05) is 15.8 Å². The Morgan fingerprint density at radius 1 is 1.14 bits per heavy atom. The smallest absolute Gasteiger partial charge is 0.243 e. The van der Waals surface area contributed by atoms with E-state index in [0.29, 0.717) is 0 Å². The maximum Gasteiger partial charge on any atom is 0.243 e. The summed E-state index contributed by atoms with van der Waals surface area (Å²) in [6.07, 6.45) is 0.148. The Labute approximate surface area is 139 Å². The summed E-state index contributed by atoms with van der Waals surface area (Å²) < 4.78 is 6.50. The first-order valence-corrected chi connectivity index (χ1v) is 7.88. The van der Waals surface area contributed by atoms with Gasteiger partial charge >= 0.3 is 0 Å². The summed E-state index contributed by atoms with van der Waals surface area (Å²) in [5.74, 6) is 0.722. The number of rotatable bonds is 6. The number of hydrogen-bond acceptors (Lipinski definition) is 3. The zero-order valence-corrected chi connectivity index (χ0v) is 14.2. The quantitative estimate of drug-likeness (QED) is 0.805. The summed E-state index contributed by atoms with van der Waals surface area (Å²) in [5.41, 5.74) is 1.64. The van der Waals surface area contributed by atoms with Gasteiger partial charge in [-0.1, -0.05) is 22.0 Å². The topological polar surface area (TPSA) is 50.4 Å². The maximum atomic E-state index is 11.9. The van der Waals surface area contributed by atoms with E-state index in [1.54, 1.807) is 0 Å². The van der Waals surface area contributed by atoms with Gasteiger partial charge in [0.2, 0.25) is 5.91 Å². The molecule has 2 N–H and O–H groups in total. The minimum atomic E-state index is -0.0967. The van der Waals surface area contributed by atoms with E-state index in [2.05, 4.69) is 26.6 Å². The average molecular weight is 363 g/mol. The third-order valence-corrected chi connectivity index (χ3v) is 3.28. The maximum absolute atomic E-state index is 11.9. The van der Waals surface area contributed by atoms with Gasteiger partial charge < -0.3 is 15.4 Å². The van der Waals surface area contributed by atoms with E-state index in [4.69, 9.17) is 4.74 Å². The summed E-state index contributed by atoms with van der Waals surface area (Å²) >= 11 is 3.37. The normalized spacial score (nSPS) is 10.4. The minimum absolute atomic E-state index is 0.0967. The van der Waals surface area contributed by atoms with Crippen molar-refractivity contribution in [2.24, 2.45) is 0 Å². The van der Waals surface area contributed by atoms with Crippen LogP contribution < -0.4 is 15.4 Å². The van der Waals surface area contributed by atoms with Crippen molar-refractivity contribution in [2.45, 2.75) is 20.0 Å². The van der Waals surface area contributed by atoms with E-state index in [9.17, 15) is 4.79 Å². The summed E-state index contributed by atoms with van der Waals surface area (Å²) in [6.45, 7) is 4.17. The van der Waals surface area contributed by atoms with E-state index >= 15 is 0 Å². The van der Waals surface area contributed by atoms with Crippen molar-refractivity contribution in [1.82, 2.24) is 0 Å². The van der Waals surface area contributed by atoms with Crippen LogP contribution in [0.3, 0.4) is 0 Å². The van der Waals surface area contributed by atoms with E-state index < -0.39 is 0 Å². The van der Waals surface area contributed by atoms with Crippen molar-refractivity contribution in [3.05, 3.63) is 53.0 Å². The Morgan fingerprint density at radius 2 is 1.86 bits per heavy atom. The third kappa shape index (κ3) is 5.41. The summed E-state index contributed by atoms with van der Waals surface area (Å²) in [5, 5.41) is 5.91. The molecule has 0 aliphatic rings. The highest BCUT2D eigenvalue weighted by atomic mass is 79.9. The predicted molar refractivity (Wildman–Crippen MR) is 93.5 cm³/mol. The highest BCUT2D eigenvalue weighted by Crippen LogP contribution is 2.17. The Balaban J connectivity index is 1.83. The van der Waals surface area contributed by atoms with E-state index in [1.807, 2.05) is 62.4 Å². The van der Waals surface area contributed by atoms with Gasteiger partial charge in [0.05, 0.1) is 12.6 Å². The molecule has 1 amide bonds. The molecule has 0 spiro atoms. The Hall–Kier alpha value is -2.01. The molecule has 0 aliphatic heterocycles. The second-order valence-corrected chi connectivity index (χ2v) is 6.02. The Kier molecular flexibility index (Phi) is 5.83. The largest absolute Gasteiger partial charge is 0.491 e. The SMILES string of the molecule is CC(C)Oc1ccc(NCC(=O)Nc2cccc(Br)c2)cc1. The Morgan fingerprint density at radius 3 is 2.50 bits per heavy atom. The third-order valence-electron chi connectivity index (χ3n) is 2.79. The van der Waals surface area contributed by atoms with Gasteiger partial charge in [-0.25, -0.2) is 0 Å². The highest BCUT2D eigenvalue weighted by molar-refractivity contribution is 9.10. The molecular weight excluding hydrogens is 344 g/mol. The van der Waals surface area contributed by atoms with Gasteiger partial charge in [-0.15, -0.1) is 0 Å². The molecule has 0 aromatic heterocycles. The van der Waals surface area contributed by atoms with Gasteiger partial charge in [0.1, 0.15) is 5.75 Å². The predicted octanol–water partition coefficient (Wildman–Crippen LogP) is 4.29. The van der Waals surface area contributed by atoms with Gasteiger partial charge in [-0.2, -0.15) is 0 Å². The zero-order valence-electron chi connectivity index (χ0n) is 12.6. The van der Waals surface area contributed by atoms with Crippen LogP contribution in [0.4, 0.5) is 11.4 Å². The average Bonchev–Trinajstić information content (AvgIpc) is 2.46. The molecule has 0 saturated carbocycles. The van der Waals surface area contributed by atoms with Crippen LogP contribution >= 0.6 is 15.9 Å². The van der Waals surface area contributed by atoms with Crippen LogP contribution in [0.5, 0.6) is 5.75 Å². The number of carbonyl (C=O) groups excluding carboxylic acids is 1. The lowest BCUT2D eigenvalue weighted by Crippen LogP contribution is -2.21. The van der Waals surface area contributed by atoms with Crippen LogP contribution in [-0.2, 0) is 4.79 Å². The fourth-order valence-electron chi connectivity index (χ4n) is 1.88. The van der Waals surface area contributed by atoms with Crippen molar-refractivity contribution in [3.8, 4) is 5.75 Å². The number of amides is 1. The molecule has 0 fully saturated rings. The second kappa shape index (κ2) is 7.84. The molecule has 5 heteroatoms. The van der Waals surface area contributed by atoms with E-state index in [0.717, 1.165) is 21.6 Å². The van der Waals surface area contributed by atoms with Gasteiger partial charge in [0.15, 0.2) is 0 Å². The number of halogens is 1. The molecule has 22 heavy (non-hydrogen) atoms. The summed E-state index contributed by atoms with van der Waals surface area (Å²) in [4.78, 5) is 11.9. The summed E-state index contributed by atoms with van der Waals surface area (Å²) in [6, 6.07) is 15.0. The lowest BCUT2D eigenvalue weighted by molar-refractivity contribution is -0.114. The second-order valence-electron chi connectivity index (χ2n) is 5.10. The van der Waals surface area contributed by atoms with Crippen LogP contribution in [0.25, 0.3) is 0 Å². The highest BCUT2D eigenvalue weighted by Gasteiger charge is 2.03. The van der Waals surface area contributed by atoms with Crippen LogP contribution in [0, 0.1) is 0 Å². The zero-order chi connectivity index (χ0) is 15.9. The lowest BCUT2D eigenvalue weighted by Gasteiger charge is -2.11. The molecule has 0 radical (unpaired) electrons. The molecule has 0 unspecified atom stereocenters. The van der Waals surface area contributed by atoms with Crippen LogP contribution in [-0.4, -0.2) is 18.6 Å².